The smallest absolute Gasteiger partial charge is 0.153 e. The van der Waals surface area contributed by atoms with Crippen molar-refractivity contribution in [2.24, 2.45) is 0 Å². The van der Waals surface area contributed by atoms with Crippen molar-refractivity contribution >= 4 is 23.9 Å². The molecule has 0 radical (unpaired) electrons. The van der Waals surface area contributed by atoms with E-state index in [4.69, 9.17) is 9.84 Å². The lowest BCUT2D eigenvalue weighted by molar-refractivity contribution is 0.0773. The topological polar surface area (TPSA) is 79.6 Å². The van der Waals surface area contributed by atoms with Gasteiger partial charge < -0.3 is 15.2 Å². The van der Waals surface area contributed by atoms with Crippen LogP contribution in [-0.2, 0) is 11.3 Å². The number of aldehydes is 1. The number of hydrogen-bond donors (Lipinski definition) is 2. The molecular weight excluding hydrogens is 460 g/mol. The average molecular weight is 497 g/mol. The molecule has 0 aliphatic carbocycles. The summed E-state index contributed by atoms with van der Waals surface area (Å²) in [5.74, 6) is 0. The van der Waals surface area contributed by atoms with E-state index in [2.05, 4.69) is 39.8 Å². The van der Waals surface area contributed by atoms with Crippen LogP contribution in [0.4, 0.5) is 5.69 Å². The van der Waals surface area contributed by atoms with Crippen molar-refractivity contribution in [2.75, 3.05) is 45.3 Å². The first-order valence-corrected chi connectivity index (χ1v) is 12.8. The Morgan fingerprint density at radius 2 is 1.86 bits per heavy atom. The second-order valence-corrected chi connectivity index (χ2v) is 9.61. The normalized spacial score (nSPS) is 13.7. The van der Waals surface area contributed by atoms with E-state index in [1.54, 1.807) is 10.9 Å². The number of benzene rings is 2. The molecule has 0 spiro atoms. The Bertz CT molecular complexity index is 1060. The third-order valence-electron chi connectivity index (χ3n) is 5.71. The minimum atomic E-state index is 0.187. The number of aromatic nitrogens is 2. The van der Waals surface area contributed by atoms with Crippen LogP contribution >= 0.6 is 11.9 Å². The van der Waals surface area contributed by atoms with Crippen LogP contribution < -0.4 is 5.32 Å². The van der Waals surface area contributed by atoms with Crippen LogP contribution in [0.1, 0.15) is 34.3 Å². The maximum atomic E-state index is 11.1. The molecule has 1 saturated heterocycles. The summed E-state index contributed by atoms with van der Waals surface area (Å²) >= 11 is 1.83. The molecule has 1 fully saturated rings. The van der Waals surface area contributed by atoms with Gasteiger partial charge in [-0.25, -0.2) is 4.31 Å². The number of rotatable bonds is 9. The molecule has 4 rings (SSSR count). The molecule has 0 saturated carbocycles. The maximum absolute atomic E-state index is 11.1. The molecule has 35 heavy (non-hydrogen) atoms. The molecule has 2 aromatic carbocycles. The number of unbranched alkanes of at least 4 members (excludes halogenated alkanes) is 1. The predicted molar refractivity (Wildman–Crippen MR) is 143 cm³/mol. The van der Waals surface area contributed by atoms with E-state index in [1.165, 1.54) is 21.7 Å². The molecule has 1 aliphatic rings. The summed E-state index contributed by atoms with van der Waals surface area (Å²) in [6, 6.07) is 14.4. The molecular formula is C27H36N4O3S. The zero-order chi connectivity index (χ0) is 25.0. The summed E-state index contributed by atoms with van der Waals surface area (Å²) in [5.41, 5.74) is 5.95. The van der Waals surface area contributed by atoms with Gasteiger partial charge in [0.1, 0.15) is 5.69 Å². The van der Waals surface area contributed by atoms with E-state index >= 15 is 0 Å². The van der Waals surface area contributed by atoms with Crippen LogP contribution in [0, 0.1) is 13.8 Å². The third-order valence-corrected chi connectivity index (χ3v) is 6.97. The SMILES string of the molecule is CNc1ccc(C)c(SN2CCOCC2)c1.Cc1ccc(-c2nn(CCCCO)cc2C=O)cc1. The molecule has 7 nitrogen and oxygen atoms in total. The average Bonchev–Trinajstić information content (AvgIpc) is 3.30. The standard InChI is InChI=1S/C15H18N2O2.C12H18N2OS/c1-12-4-6-13(7-5-12)15-14(11-19)10-17(16-15)8-2-3-9-18;1-10-3-4-11(13-2)9-12(10)16-14-5-7-15-8-6-14/h4-7,10-11,18H,2-3,8-9H2,1H3;3-4,9,13H,5-8H2,1-2H3. The second kappa shape index (κ2) is 14.0. The number of nitrogens with one attached hydrogen (secondary N) is 1. The van der Waals surface area contributed by atoms with Crippen LogP contribution in [0.5, 0.6) is 0 Å². The number of aryl methyl sites for hydroxylation is 3. The van der Waals surface area contributed by atoms with E-state index in [0.717, 1.165) is 56.7 Å². The monoisotopic (exact) mass is 496 g/mol. The molecule has 2 N–H and O–H groups in total. The van der Waals surface area contributed by atoms with Gasteiger partial charge in [-0.3, -0.25) is 9.48 Å². The van der Waals surface area contributed by atoms with Gasteiger partial charge in [-0.05, 0) is 56.3 Å². The summed E-state index contributed by atoms with van der Waals surface area (Å²) in [6.07, 6.45) is 4.20. The number of anilines is 1. The Labute approximate surface area is 212 Å². The number of aliphatic hydroxyl groups excluding tert-OH is 1. The zero-order valence-corrected chi connectivity index (χ0v) is 21.7. The number of nitrogens with zero attached hydrogens (tertiary/aromatic N) is 3. The molecule has 0 bridgehead atoms. The molecule has 3 aromatic rings. The fraction of sp³-hybridized carbons (Fsp3) is 0.407. The second-order valence-electron chi connectivity index (χ2n) is 8.47. The van der Waals surface area contributed by atoms with Gasteiger partial charge in [0.05, 0.1) is 18.8 Å². The minimum Gasteiger partial charge on any atom is -0.396 e. The number of carbonyl (C=O) groups excluding carboxylic acids is 1. The van der Waals surface area contributed by atoms with E-state index < -0.39 is 0 Å². The number of morpholine rings is 1. The number of ether oxygens (including phenoxy) is 1. The lowest BCUT2D eigenvalue weighted by Crippen LogP contribution is -2.30. The summed E-state index contributed by atoms with van der Waals surface area (Å²) in [7, 11) is 1.95. The Hall–Kier alpha value is -2.65. The van der Waals surface area contributed by atoms with Crippen LogP contribution in [-0.4, -0.2) is 65.4 Å². The predicted octanol–water partition coefficient (Wildman–Crippen LogP) is 4.82. The van der Waals surface area contributed by atoms with E-state index in [0.29, 0.717) is 12.1 Å². The quantitative estimate of drug-likeness (QED) is 0.250. The fourth-order valence-corrected chi connectivity index (χ4v) is 4.59. The molecule has 1 aliphatic heterocycles. The lowest BCUT2D eigenvalue weighted by atomic mass is 10.1. The summed E-state index contributed by atoms with van der Waals surface area (Å²) < 4.78 is 9.48. The van der Waals surface area contributed by atoms with Crippen molar-refractivity contribution in [3.8, 4) is 11.3 Å². The zero-order valence-electron chi connectivity index (χ0n) is 20.9. The van der Waals surface area contributed by atoms with Gasteiger partial charge in [-0.15, -0.1) is 0 Å². The molecule has 2 heterocycles. The summed E-state index contributed by atoms with van der Waals surface area (Å²) in [4.78, 5) is 12.4. The van der Waals surface area contributed by atoms with Crippen LogP contribution in [0.3, 0.4) is 0 Å². The van der Waals surface area contributed by atoms with Crippen molar-refractivity contribution in [3.63, 3.8) is 0 Å². The first-order chi connectivity index (χ1) is 17.0. The molecule has 188 valence electrons. The summed E-state index contributed by atoms with van der Waals surface area (Å²) in [6.45, 7) is 8.79. The molecule has 8 heteroatoms. The minimum absolute atomic E-state index is 0.187. The van der Waals surface area contributed by atoms with Crippen molar-refractivity contribution in [2.45, 2.75) is 38.1 Å². The fourth-order valence-electron chi connectivity index (χ4n) is 3.59. The first-order valence-electron chi connectivity index (χ1n) is 12.0. The van der Waals surface area contributed by atoms with E-state index in [-0.39, 0.29) is 6.61 Å². The van der Waals surface area contributed by atoms with Crippen molar-refractivity contribution in [1.29, 1.82) is 0 Å². The van der Waals surface area contributed by atoms with Gasteiger partial charge in [0.15, 0.2) is 6.29 Å². The van der Waals surface area contributed by atoms with Crippen molar-refractivity contribution in [1.82, 2.24) is 14.1 Å². The van der Waals surface area contributed by atoms with Crippen molar-refractivity contribution < 1.29 is 14.6 Å². The number of carbonyl (C=O) groups is 1. The van der Waals surface area contributed by atoms with Gasteiger partial charge in [-0.2, -0.15) is 5.10 Å². The maximum Gasteiger partial charge on any atom is 0.153 e. The highest BCUT2D eigenvalue weighted by atomic mass is 32.2. The van der Waals surface area contributed by atoms with Crippen molar-refractivity contribution in [3.05, 3.63) is 65.4 Å². The highest BCUT2D eigenvalue weighted by Gasteiger charge is 2.13. The van der Waals surface area contributed by atoms with Crippen LogP contribution in [0.15, 0.2) is 53.6 Å². The summed E-state index contributed by atoms with van der Waals surface area (Å²) in [5, 5.41) is 16.4. The van der Waals surface area contributed by atoms with Gasteiger partial charge in [0, 0.05) is 55.6 Å². The van der Waals surface area contributed by atoms with E-state index in [9.17, 15) is 4.79 Å². The van der Waals surface area contributed by atoms with Gasteiger partial charge in [0.25, 0.3) is 0 Å². The molecule has 0 unspecified atom stereocenters. The Balaban J connectivity index is 0.000000198. The Morgan fingerprint density at radius 1 is 1.11 bits per heavy atom. The van der Waals surface area contributed by atoms with Gasteiger partial charge in [-0.1, -0.05) is 35.9 Å². The molecule has 0 atom stereocenters. The first kappa shape index (κ1) is 26.9. The highest BCUT2D eigenvalue weighted by Crippen LogP contribution is 2.29. The Kier molecular flexibility index (Phi) is 10.8. The lowest BCUT2D eigenvalue weighted by Gasteiger charge is -2.26. The molecule has 1 aromatic heterocycles. The number of hydrogen-bond acceptors (Lipinski definition) is 7. The number of aliphatic hydroxyl groups is 1. The largest absolute Gasteiger partial charge is 0.396 e. The van der Waals surface area contributed by atoms with Crippen LogP contribution in [0.25, 0.3) is 11.3 Å². The Morgan fingerprint density at radius 3 is 2.51 bits per heavy atom. The van der Waals surface area contributed by atoms with Gasteiger partial charge in [0.2, 0.25) is 0 Å². The van der Waals surface area contributed by atoms with Gasteiger partial charge >= 0.3 is 0 Å². The molecule has 0 amide bonds. The van der Waals surface area contributed by atoms with Crippen LogP contribution in [0.2, 0.25) is 0 Å². The van der Waals surface area contributed by atoms with E-state index in [1.807, 2.05) is 50.2 Å². The highest BCUT2D eigenvalue weighted by molar-refractivity contribution is 7.97. The third kappa shape index (κ3) is 8.21.